The first-order valence-electron chi connectivity index (χ1n) is 6.50. The minimum Gasteiger partial charge on any atom is -0.394 e. The minimum atomic E-state index is 0.0120. The van der Waals surface area contributed by atoms with Crippen molar-refractivity contribution in [1.82, 2.24) is 5.32 Å². The maximum atomic E-state index is 9.61. The number of rotatable bonds is 4. The fourth-order valence-corrected chi connectivity index (χ4v) is 2.85. The van der Waals surface area contributed by atoms with Gasteiger partial charge in [0.2, 0.25) is 0 Å². The minimum absolute atomic E-state index is 0.0120. The molecular formula is C13H27NO. The molecule has 0 radical (unpaired) electrons. The Balaban J connectivity index is 2.57. The predicted molar refractivity (Wildman–Crippen MR) is 65.0 cm³/mol. The largest absolute Gasteiger partial charge is 0.394 e. The molecule has 0 aromatic rings. The van der Waals surface area contributed by atoms with Gasteiger partial charge in [-0.25, -0.2) is 0 Å². The van der Waals surface area contributed by atoms with Crippen LogP contribution in [0.2, 0.25) is 0 Å². The molecule has 1 rings (SSSR count). The molecule has 90 valence electrons. The molecule has 0 amide bonds. The van der Waals surface area contributed by atoms with E-state index >= 15 is 0 Å². The lowest BCUT2D eigenvalue weighted by molar-refractivity contribution is 0.134. The standard InChI is InChI=1S/C13H27NO/c1-4-12-6-5-8-13(10-15,9-7-12)14-11(2)3/h11-12,14-15H,4-10H2,1-3H3. The number of hydrogen-bond donors (Lipinski definition) is 2. The van der Waals surface area contributed by atoms with Crippen LogP contribution in [-0.4, -0.2) is 23.3 Å². The molecule has 0 bridgehead atoms. The van der Waals surface area contributed by atoms with Crippen LogP contribution >= 0.6 is 0 Å². The van der Waals surface area contributed by atoms with Crippen LogP contribution in [0.3, 0.4) is 0 Å². The SMILES string of the molecule is CCC1CCCC(CO)(NC(C)C)CC1. The van der Waals surface area contributed by atoms with Crippen LogP contribution in [-0.2, 0) is 0 Å². The molecule has 0 spiro atoms. The third kappa shape index (κ3) is 3.76. The van der Waals surface area contributed by atoms with Crippen LogP contribution in [0.4, 0.5) is 0 Å². The third-order valence-corrected chi connectivity index (χ3v) is 3.77. The molecule has 1 fully saturated rings. The van der Waals surface area contributed by atoms with Gasteiger partial charge in [0.05, 0.1) is 6.61 Å². The normalized spacial score (nSPS) is 33.0. The Hall–Kier alpha value is -0.0800. The van der Waals surface area contributed by atoms with Crippen molar-refractivity contribution in [3.63, 3.8) is 0 Å². The van der Waals surface area contributed by atoms with Crippen LogP contribution in [0.25, 0.3) is 0 Å². The molecule has 2 nitrogen and oxygen atoms in total. The van der Waals surface area contributed by atoms with Gasteiger partial charge < -0.3 is 10.4 Å². The van der Waals surface area contributed by atoms with Crippen molar-refractivity contribution < 1.29 is 5.11 Å². The molecule has 2 unspecified atom stereocenters. The van der Waals surface area contributed by atoms with Crippen LogP contribution in [0.15, 0.2) is 0 Å². The lowest BCUT2D eigenvalue weighted by atomic mass is 9.89. The van der Waals surface area contributed by atoms with Gasteiger partial charge >= 0.3 is 0 Å². The van der Waals surface area contributed by atoms with E-state index in [0.717, 1.165) is 18.8 Å². The highest BCUT2D eigenvalue weighted by Crippen LogP contribution is 2.32. The van der Waals surface area contributed by atoms with Crippen molar-refractivity contribution in [1.29, 1.82) is 0 Å². The first-order chi connectivity index (χ1) is 7.12. The fraction of sp³-hybridized carbons (Fsp3) is 1.00. The average molecular weight is 213 g/mol. The molecule has 2 atom stereocenters. The van der Waals surface area contributed by atoms with Crippen LogP contribution in [0, 0.1) is 5.92 Å². The number of aliphatic hydroxyl groups is 1. The van der Waals surface area contributed by atoms with Crippen molar-refractivity contribution in [2.45, 2.75) is 70.9 Å². The second-order valence-corrected chi connectivity index (χ2v) is 5.44. The number of hydrogen-bond acceptors (Lipinski definition) is 2. The molecule has 1 aliphatic carbocycles. The average Bonchev–Trinajstić information content (AvgIpc) is 2.40. The second kappa shape index (κ2) is 5.86. The summed E-state index contributed by atoms with van der Waals surface area (Å²) in [5.74, 6) is 0.882. The summed E-state index contributed by atoms with van der Waals surface area (Å²) in [4.78, 5) is 0. The summed E-state index contributed by atoms with van der Waals surface area (Å²) in [6, 6.07) is 0.468. The lowest BCUT2D eigenvalue weighted by Gasteiger charge is -2.34. The Kier molecular flexibility index (Phi) is 5.07. The van der Waals surface area contributed by atoms with Crippen LogP contribution in [0.1, 0.15) is 59.3 Å². The zero-order chi connectivity index (χ0) is 11.3. The zero-order valence-corrected chi connectivity index (χ0v) is 10.6. The van der Waals surface area contributed by atoms with Gasteiger partial charge in [0, 0.05) is 11.6 Å². The maximum absolute atomic E-state index is 9.61. The topological polar surface area (TPSA) is 32.3 Å². The van der Waals surface area contributed by atoms with E-state index in [9.17, 15) is 5.11 Å². The highest BCUT2D eigenvalue weighted by Gasteiger charge is 2.32. The van der Waals surface area contributed by atoms with Gasteiger partial charge in [-0.2, -0.15) is 0 Å². The molecule has 0 aliphatic heterocycles. The van der Waals surface area contributed by atoms with Gasteiger partial charge in [-0.1, -0.05) is 40.0 Å². The van der Waals surface area contributed by atoms with E-state index in [2.05, 4.69) is 26.1 Å². The van der Waals surface area contributed by atoms with Crippen molar-refractivity contribution in [3.05, 3.63) is 0 Å². The molecule has 1 saturated carbocycles. The zero-order valence-electron chi connectivity index (χ0n) is 10.6. The van der Waals surface area contributed by atoms with Gasteiger partial charge in [0.15, 0.2) is 0 Å². The molecule has 2 heteroatoms. The Labute approximate surface area is 94.5 Å². The van der Waals surface area contributed by atoms with Crippen molar-refractivity contribution in [2.75, 3.05) is 6.61 Å². The molecular weight excluding hydrogens is 186 g/mol. The van der Waals surface area contributed by atoms with Crippen molar-refractivity contribution in [2.24, 2.45) is 5.92 Å². The number of aliphatic hydroxyl groups excluding tert-OH is 1. The Morgan fingerprint density at radius 3 is 2.60 bits per heavy atom. The third-order valence-electron chi connectivity index (χ3n) is 3.77. The summed E-state index contributed by atoms with van der Waals surface area (Å²) < 4.78 is 0. The van der Waals surface area contributed by atoms with E-state index in [0.29, 0.717) is 12.6 Å². The highest BCUT2D eigenvalue weighted by atomic mass is 16.3. The lowest BCUT2D eigenvalue weighted by Crippen LogP contribution is -2.51. The van der Waals surface area contributed by atoms with Gasteiger partial charge in [-0.15, -0.1) is 0 Å². The maximum Gasteiger partial charge on any atom is 0.0613 e. The first-order valence-corrected chi connectivity index (χ1v) is 6.50. The molecule has 0 aromatic carbocycles. The summed E-state index contributed by atoms with van der Waals surface area (Å²) >= 11 is 0. The second-order valence-electron chi connectivity index (χ2n) is 5.44. The summed E-state index contributed by atoms with van der Waals surface area (Å²) in [6.07, 6.45) is 7.45. The van der Waals surface area contributed by atoms with Crippen LogP contribution < -0.4 is 5.32 Å². The molecule has 0 saturated heterocycles. The van der Waals surface area contributed by atoms with Gasteiger partial charge in [0.25, 0.3) is 0 Å². The first kappa shape index (κ1) is 13.0. The summed E-state index contributed by atoms with van der Waals surface area (Å²) in [7, 11) is 0. The summed E-state index contributed by atoms with van der Waals surface area (Å²) in [6.45, 7) is 6.91. The van der Waals surface area contributed by atoms with E-state index < -0.39 is 0 Å². The highest BCUT2D eigenvalue weighted by molar-refractivity contribution is 4.91. The predicted octanol–water partition coefficient (Wildman–Crippen LogP) is 2.71. The van der Waals surface area contributed by atoms with Crippen LogP contribution in [0.5, 0.6) is 0 Å². The van der Waals surface area contributed by atoms with E-state index in [-0.39, 0.29) is 5.54 Å². The fourth-order valence-electron chi connectivity index (χ4n) is 2.85. The molecule has 0 aromatic heterocycles. The Morgan fingerprint density at radius 2 is 2.07 bits per heavy atom. The monoisotopic (exact) mass is 213 g/mol. The van der Waals surface area contributed by atoms with Gasteiger partial charge in [0.1, 0.15) is 0 Å². The Morgan fingerprint density at radius 1 is 1.33 bits per heavy atom. The number of nitrogens with one attached hydrogen (secondary N) is 1. The summed E-state index contributed by atoms with van der Waals surface area (Å²) in [5, 5.41) is 13.2. The molecule has 15 heavy (non-hydrogen) atoms. The van der Waals surface area contributed by atoms with E-state index in [1.165, 1.54) is 25.7 Å². The van der Waals surface area contributed by atoms with E-state index in [1.54, 1.807) is 0 Å². The smallest absolute Gasteiger partial charge is 0.0613 e. The van der Waals surface area contributed by atoms with Gasteiger partial charge in [-0.3, -0.25) is 0 Å². The van der Waals surface area contributed by atoms with E-state index in [4.69, 9.17) is 0 Å². The van der Waals surface area contributed by atoms with Crippen molar-refractivity contribution in [3.8, 4) is 0 Å². The summed E-state index contributed by atoms with van der Waals surface area (Å²) in [5.41, 5.74) is 0.0120. The molecule has 2 N–H and O–H groups in total. The van der Waals surface area contributed by atoms with E-state index in [1.807, 2.05) is 0 Å². The molecule has 0 heterocycles. The molecule has 1 aliphatic rings. The Bertz CT molecular complexity index is 181. The van der Waals surface area contributed by atoms with Crippen molar-refractivity contribution >= 4 is 0 Å². The van der Waals surface area contributed by atoms with Gasteiger partial charge in [-0.05, 0) is 25.2 Å². The quantitative estimate of drug-likeness (QED) is 0.704.